The highest BCUT2D eigenvalue weighted by Gasteiger charge is 2.23. The molecule has 1 aromatic heterocycles. The van der Waals surface area contributed by atoms with Crippen molar-refractivity contribution in [1.29, 1.82) is 0 Å². The number of benzene rings is 1. The molecular formula is C22H28N4O5. The number of hydrogen-bond acceptors (Lipinski definition) is 6. The summed E-state index contributed by atoms with van der Waals surface area (Å²) in [5.74, 6) is 0.616. The van der Waals surface area contributed by atoms with Crippen LogP contribution in [0, 0.1) is 36.8 Å². The molecule has 1 aliphatic heterocycles. The molecule has 2 heterocycles. The van der Waals surface area contributed by atoms with E-state index in [1.54, 1.807) is 6.92 Å². The normalized spacial score (nSPS) is 14.9. The van der Waals surface area contributed by atoms with Gasteiger partial charge in [0.25, 0.3) is 5.69 Å². The summed E-state index contributed by atoms with van der Waals surface area (Å²) in [5, 5.41) is 16.1. The number of nitro benzene ring substituents is 1. The van der Waals surface area contributed by atoms with Crippen molar-refractivity contribution in [3.05, 3.63) is 57.0 Å². The Morgan fingerprint density at radius 2 is 1.87 bits per heavy atom. The zero-order valence-electron chi connectivity index (χ0n) is 18.1. The van der Waals surface area contributed by atoms with E-state index in [1.165, 1.54) is 23.8 Å². The number of nitro groups is 1. The Bertz CT molecular complexity index is 976. The van der Waals surface area contributed by atoms with Gasteiger partial charge >= 0.3 is 11.8 Å². The first-order valence-electron chi connectivity index (χ1n) is 10.4. The Morgan fingerprint density at radius 1 is 1.16 bits per heavy atom. The van der Waals surface area contributed by atoms with E-state index in [0.717, 1.165) is 44.0 Å². The molecule has 0 spiro atoms. The number of non-ortho nitro benzene ring substituents is 1. The van der Waals surface area contributed by atoms with E-state index >= 15 is 0 Å². The third kappa shape index (κ3) is 5.91. The van der Waals surface area contributed by atoms with E-state index in [9.17, 15) is 19.7 Å². The Hall–Kier alpha value is -3.20. The molecule has 0 radical (unpaired) electrons. The van der Waals surface area contributed by atoms with E-state index in [1.807, 2.05) is 13.8 Å². The van der Waals surface area contributed by atoms with Gasteiger partial charge in [0.15, 0.2) is 0 Å². The van der Waals surface area contributed by atoms with E-state index in [4.69, 9.17) is 4.42 Å². The van der Waals surface area contributed by atoms with Crippen molar-refractivity contribution in [1.82, 2.24) is 10.2 Å². The molecule has 0 atom stereocenters. The minimum absolute atomic E-state index is 0.145. The molecule has 2 amide bonds. The van der Waals surface area contributed by atoms with Crippen LogP contribution < -0.4 is 10.6 Å². The van der Waals surface area contributed by atoms with Crippen LogP contribution >= 0.6 is 0 Å². The zero-order chi connectivity index (χ0) is 22.5. The number of amides is 2. The van der Waals surface area contributed by atoms with Gasteiger partial charge in [0.1, 0.15) is 11.5 Å². The van der Waals surface area contributed by atoms with Crippen LogP contribution in [0.15, 0.2) is 28.7 Å². The standard InChI is InChI=1S/C22H28N4O5/c1-14-4-5-19(26(29)30)11-20(14)24-22(28)21(27)23-12-17-6-8-25(9-7-17)13-18-10-15(2)31-16(18)3/h4-5,10-11,17H,6-9,12-13H2,1-3H3,(H,23,27)(H,24,28). The van der Waals surface area contributed by atoms with Crippen LogP contribution in [0.1, 0.15) is 35.5 Å². The lowest BCUT2D eigenvalue weighted by molar-refractivity contribution is -0.384. The third-order valence-electron chi connectivity index (χ3n) is 5.68. The van der Waals surface area contributed by atoms with Crippen molar-refractivity contribution in [2.75, 3.05) is 25.0 Å². The fraction of sp³-hybridized carbons (Fsp3) is 0.455. The van der Waals surface area contributed by atoms with Gasteiger partial charge in [-0.25, -0.2) is 0 Å². The van der Waals surface area contributed by atoms with Crippen LogP contribution in [-0.2, 0) is 16.1 Å². The van der Waals surface area contributed by atoms with Gasteiger partial charge in [-0.15, -0.1) is 0 Å². The van der Waals surface area contributed by atoms with Crippen molar-refractivity contribution < 1.29 is 18.9 Å². The molecule has 0 aliphatic carbocycles. The molecule has 1 fully saturated rings. The van der Waals surface area contributed by atoms with Crippen LogP contribution in [-0.4, -0.2) is 41.3 Å². The van der Waals surface area contributed by atoms with Gasteiger partial charge in [0.2, 0.25) is 0 Å². The first kappa shape index (κ1) is 22.5. The summed E-state index contributed by atoms with van der Waals surface area (Å²) in [6, 6.07) is 6.21. The van der Waals surface area contributed by atoms with Crippen LogP contribution in [0.4, 0.5) is 11.4 Å². The van der Waals surface area contributed by atoms with Gasteiger partial charge in [0.05, 0.1) is 10.6 Å². The number of carbonyl (C=O) groups is 2. The fourth-order valence-corrected chi connectivity index (χ4v) is 3.78. The van der Waals surface area contributed by atoms with E-state index in [2.05, 4.69) is 21.6 Å². The minimum atomic E-state index is -0.827. The number of furan rings is 1. The van der Waals surface area contributed by atoms with Crippen molar-refractivity contribution in [2.24, 2.45) is 5.92 Å². The second kappa shape index (κ2) is 9.74. The number of hydrogen-bond donors (Lipinski definition) is 2. The number of nitrogens with zero attached hydrogens (tertiary/aromatic N) is 2. The van der Waals surface area contributed by atoms with Crippen LogP contribution in [0.5, 0.6) is 0 Å². The molecule has 9 heteroatoms. The van der Waals surface area contributed by atoms with E-state index in [0.29, 0.717) is 18.0 Å². The Morgan fingerprint density at radius 3 is 2.48 bits per heavy atom. The van der Waals surface area contributed by atoms with Crippen LogP contribution in [0.2, 0.25) is 0 Å². The van der Waals surface area contributed by atoms with Gasteiger partial charge in [0, 0.05) is 30.8 Å². The number of rotatable bonds is 6. The first-order valence-corrected chi connectivity index (χ1v) is 10.4. The predicted molar refractivity (Wildman–Crippen MR) is 116 cm³/mol. The Balaban J connectivity index is 1.44. The van der Waals surface area contributed by atoms with Crippen LogP contribution in [0.3, 0.4) is 0 Å². The molecule has 2 N–H and O–H groups in total. The molecular weight excluding hydrogens is 400 g/mol. The van der Waals surface area contributed by atoms with Gasteiger partial charge in [-0.3, -0.25) is 24.6 Å². The quantitative estimate of drug-likeness (QED) is 0.415. The summed E-state index contributed by atoms with van der Waals surface area (Å²) in [7, 11) is 0. The lowest BCUT2D eigenvalue weighted by Crippen LogP contribution is -2.41. The maximum absolute atomic E-state index is 12.2. The molecule has 0 unspecified atom stereocenters. The van der Waals surface area contributed by atoms with Crippen molar-refractivity contribution in [3.63, 3.8) is 0 Å². The number of carbonyl (C=O) groups excluding carboxylic acids is 2. The molecule has 31 heavy (non-hydrogen) atoms. The highest BCUT2D eigenvalue weighted by molar-refractivity contribution is 6.39. The summed E-state index contributed by atoms with van der Waals surface area (Å²) in [5.41, 5.74) is 1.96. The van der Waals surface area contributed by atoms with Gasteiger partial charge in [-0.1, -0.05) is 6.07 Å². The zero-order valence-corrected chi connectivity index (χ0v) is 18.1. The lowest BCUT2D eigenvalue weighted by atomic mass is 9.96. The topological polar surface area (TPSA) is 118 Å². The number of aryl methyl sites for hydroxylation is 3. The summed E-state index contributed by atoms with van der Waals surface area (Å²) >= 11 is 0. The average molecular weight is 428 g/mol. The number of anilines is 1. The molecule has 0 bridgehead atoms. The molecule has 1 aliphatic rings. The smallest absolute Gasteiger partial charge is 0.313 e. The third-order valence-corrected chi connectivity index (χ3v) is 5.68. The summed E-state index contributed by atoms with van der Waals surface area (Å²) in [6.07, 6.45) is 1.86. The summed E-state index contributed by atoms with van der Waals surface area (Å²) < 4.78 is 5.59. The molecule has 1 aromatic carbocycles. The van der Waals surface area contributed by atoms with Crippen molar-refractivity contribution >= 4 is 23.2 Å². The number of likely N-dealkylation sites (tertiary alicyclic amines) is 1. The van der Waals surface area contributed by atoms with E-state index < -0.39 is 16.7 Å². The maximum Gasteiger partial charge on any atom is 0.313 e. The number of nitrogens with one attached hydrogen (secondary N) is 2. The highest BCUT2D eigenvalue weighted by Crippen LogP contribution is 2.23. The van der Waals surface area contributed by atoms with Crippen LogP contribution in [0.25, 0.3) is 0 Å². The Kier molecular flexibility index (Phi) is 7.06. The summed E-state index contributed by atoms with van der Waals surface area (Å²) in [4.78, 5) is 37.1. The SMILES string of the molecule is Cc1cc(CN2CCC(CNC(=O)C(=O)Nc3cc([N+](=O)[O-])ccc3C)CC2)c(C)o1. The second-order valence-electron chi connectivity index (χ2n) is 8.08. The molecule has 166 valence electrons. The average Bonchev–Trinajstić information content (AvgIpc) is 3.05. The molecule has 0 saturated carbocycles. The Labute approximate surface area is 180 Å². The number of piperidine rings is 1. The van der Waals surface area contributed by atoms with Gasteiger partial charge in [-0.2, -0.15) is 0 Å². The monoisotopic (exact) mass is 428 g/mol. The minimum Gasteiger partial charge on any atom is -0.466 e. The van der Waals surface area contributed by atoms with Crippen molar-refractivity contribution in [3.8, 4) is 0 Å². The van der Waals surface area contributed by atoms with E-state index in [-0.39, 0.29) is 11.4 Å². The molecule has 1 saturated heterocycles. The predicted octanol–water partition coefficient (Wildman–Crippen LogP) is 3.08. The lowest BCUT2D eigenvalue weighted by Gasteiger charge is -2.31. The van der Waals surface area contributed by atoms with Gasteiger partial charge in [-0.05, 0) is 64.3 Å². The second-order valence-corrected chi connectivity index (χ2v) is 8.08. The van der Waals surface area contributed by atoms with Crippen molar-refractivity contribution in [2.45, 2.75) is 40.2 Å². The highest BCUT2D eigenvalue weighted by atomic mass is 16.6. The van der Waals surface area contributed by atoms with Gasteiger partial charge < -0.3 is 15.1 Å². The first-order chi connectivity index (χ1) is 14.7. The summed E-state index contributed by atoms with van der Waals surface area (Å²) in [6.45, 7) is 8.75. The maximum atomic E-state index is 12.2. The molecule has 2 aromatic rings. The molecule has 3 rings (SSSR count). The fourth-order valence-electron chi connectivity index (χ4n) is 3.78. The largest absolute Gasteiger partial charge is 0.466 e. The molecule has 9 nitrogen and oxygen atoms in total.